The number of hydrogen-bond acceptors (Lipinski definition) is 2. The molecule has 0 aromatic heterocycles. The summed E-state index contributed by atoms with van der Waals surface area (Å²) in [6.07, 6.45) is 1.33. The number of likely N-dealkylation sites (tertiary alicyclic amines) is 1. The summed E-state index contributed by atoms with van der Waals surface area (Å²) in [4.78, 5) is 27.7. The van der Waals surface area contributed by atoms with Crippen LogP contribution >= 0.6 is 0 Å². The van der Waals surface area contributed by atoms with Gasteiger partial charge in [0.1, 0.15) is 0 Å². The second-order valence-corrected chi connectivity index (χ2v) is 8.07. The van der Waals surface area contributed by atoms with Crippen LogP contribution in [-0.2, 0) is 4.79 Å². The molecule has 1 saturated heterocycles. The normalized spacial score (nSPS) is 14.6. The van der Waals surface area contributed by atoms with E-state index in [0.29, 0.717) is 31.5 Å². The third kappa shape index (κ3) is 3.89. The summed E-state index contributed by atoms with van der Waals surface area (Å²) in [5, 5.41) is 7.33. The fraction of sp³-hybridized carbons (Fsp3) is 0.185. The molecule has 5 rings (SSSR count). The molecule has 1 fully saturated rings. The van der Waals surface area contributed by atoms with Gasteiger partial charge in [-0.05, 0) is 59.3 Å². The van der Waals surface area contributed by atoms with Crippen molar-refractivity contribution in [1.29, 1.82) is 0 Å². The molecule has 31 heavy (non-hydrogen) atoms. The quantitative estimate of drug-likeness (QED) is 0.502. The van der Waals surface area contributed by atoms with Gasteiger partial charge in [0.2, 0.25) is 5.91 Å². The van der Waals surface area contributed by atoms with E-state index < -0.39 is 0 Å². The zero-order valence-electron chi connectivity index (χ0n) is 17.2. The number of amides is 2. The largest absolute Gasteiger partial charge is 0.339 e. The number of nitrogens with zero attached hydrogens (tertiary/aromatic N) is 1. The van der Waals surface area contributed by atoms with Crippen LogP contribution in [0.4, 0.5) is 5.69 Å². The number of rotatable bonds is 3. The van der Waals surface area contributed by atoms with Gasteiger partial charge in [0.25, 0.3) is 5.91 Å². The Morgan fingerprint density at radius 3 is 2.35 bits per heavy atom. The van der Waals surface area contributed by atoms with E-state index in [-0.39, 0.29) is 17.7 Å². The van der Waals surface area contributed by atoms with Gasteiger partial charge in [-0.25, -0.2) is 0 Å². The molecule has 0 unspecified atom stereocenters. The summed E-state index contributed by atoms with van der Waals surface area (Å²) in [6.45, 7) is 1.18. The van der Waals surface area contributed by atoms with Crippen molar-refractivity contribution < 1.29 is 9.59 Å². The highest BCUT2D eigenvalue weighted by atomic mass is 16.2. The molecule has 4 aromatic carbocycles. The smallest absolute Gasteiger partial charge is 0.253 e. The first-order valence-electron chi connectivity index (χ1n) is 10.7. The van der Waals surface area contributed by atoms with E-state index in [2.05, 4.69) is 11.4 Å². The van der Waals surface area contributed by atoms with Crippen molar-refractivity contribution in [2.45, 2.75) is 12.8 Å². The Hall–Kier alpha value is -3.66. The summed E-state index contributed by atoms with van der Waals surface area (Å²) in [5.41, 5.74) is 1.49. The van der Waals surface area contributed by atoms with Crippen molar-refractivity contribution in [1.82, 2.24) is 4.90 Å². The number of piperidine rings is 1. The van der Waals surface area contributed by atoms with Gasteiger partial charge in [-0.15, -0.1) is 0 Å². The molecule has 0 spiro atoms. The average molecular weight is 407 g/mol. The molecular formula is C27H23N2O2. The minimum atomic E-state index is -0.0976. The second kappa shape index (κ2) is 8.23. The highest BCUT2D eigenvalue weighted by Gasteiger charge is 2.28. The number of carbonyl (C=O) groups is 2. The topological polar surface area (TPSA) is 49.4 Å². The molecular weight excluding hydrogens is 384 g/mol. The predicted octanol–water partition coefficient (Wildman–Crippen LogP) is 5.28. The molecule has 1 heterocycles. The van der Waals surface area contributed by atoms with E-state index in [9.17, 15) is 9.59 Å². The molecule has 0 bridgehead atoms. The molecule has 4 aromatic rings. The minimum absolute atomic E-state index is 0.0163. The second-order valence-electron chi connectivity index (χ2n) is 8.07. The molecule has 4 nitrogen and oxygen atoms in total. The first-order chi connectivity index (χ1) is 15.2. The van der Waals surface area contributed by atoms with Gasteiger partial charge in [-0.2, -0.15) is 0 Å². The molecule has 153 valence electrons. The zero-order valence-corrected chi connectivity index (χ0v) is 17.2. The van der Waals surface area contributed by atoms with Crippen LogP contribution in [0.25, 0.3) is 21.5 Å². The first-order valence-corrected chi connectivity index (χ1v) is 10.7. The van der Waals surface area contributed by atoms with Crippen molar-refractivity contribution >= 4 is 39.0 Å². The minimum Gasteiger partial charge on any atom is -0.339 e. The predicted molar refractivity (Wildman–Crippen MR) is 124 cm³/mol. The van der Waals surface area contributed by atoms with Gasteiger partial charge in [0, 0.05) is 35.6 Å². The van der Waals surface area contributed by atoms with Crippen LogP contribution in [0.3, 0.4) is 0 Å². The monoisotopic (exact) mass is 407 g/mol. The summed E-state index contributed by atoms with van der Waals surface area (Å²) in [5.74, 6) is -0.0459. The van der Waals surface area contributed by atoms with E-state index in [4.69, 9.17) is 0 Å². The molecule has 0 aliphatic carbocycles. The lowest BCUT2D eigenvalue weighted by atomic mass is 9.95. The Kier molecular flexibility index (Phi) is 5.13. The van der Waals surface area contributed by atoms with Gasteiger partial charge in [-0.1, -0.05) is 54.6 Å². The van der Waals surface area contributed by atoms with Crippen LogP contribution < -0.4 is 5.32 Å². The number of anilines is 1. The third-order valence-electron chi connectivity index (χ3n) is 6.12. The average Bonchev–Trinajstić information content (AvgIpc) is 2.83. The van der Waals surface area contributed by atoms with Crippen LogP contribution in [0, 0.1) is 12.0 Å². The van der Waals surface area contributed by atoms with Crippen molar-refractivity contribution in [3.63, 3.8) is 0 Å². The molecule has 4 heteroatoms. The lowest BCUT2D eigenvalue weighted by molar-refractivity contribution is -0.121. The first kappa shape index (κ1) is 19.3. The fourth-order valence-corrected chi connectivity index (χ4v) is 4.35. The maximum Gasteiger partial charge on any atom is 0.253 e. The van der Waals surface area contributed by atoms with Crippen LogP contribution in [0.2, 0.25) is 0 Å². The van der Waals surface area contributed by atoms with Crippen LogP contribution in [-0.4, -0.2) is 29.8 Å². The Labute approximate surface area is 181 Å². The highest BCUT2D eigenvalue weighted by molar-refractivity contribution is 6.03. The van der Waals surface area contributed by atoms with Crippen molar-refractivity contribution in [3.8, 4) is 0 Å². The molecule has 0 saturated carbocycles. The van der Waals surface area contributed by atoms with Crippen LogP contribution in [0.1, 0.15) is 23.2 Å². The number of nitrogens with one attached hydrogen (secondary N) is 1. The Morgan fingerprint density at radius 2 is 1.55 bits per heavy atom. The summed E-state index contributed by atoms with van der Waals surface area (Å²) in [7, 11) is 0. The van der Waals surface area contributed by atoms with E-state index in [1.54, 1.807) is 0 Å². The number of hydrogen-bond donors (Lipinski definition) is 1. The Morgan fingerprint density at radius 1 is 0.839 bits per heavy atom. The number of fused-ring (bicyclic) bond motifs is 2. The lowest BCUT2D eigenvalue weighted by Gasteiger charge is -2.31. The molecule has 1 N–H and O–H groups in total. The molecule has 2 amide bonds. The van der Waals surface area contributed by atoms with E-state index >= 15 is 0 Å². The molecule has 1 aliphatic heterocycles. The summed E-state index contributed by atoms with van der Waals surface area (Å²) in [6, 6.07) is 28.7. The number of carbonyl (C=O) groups excluding carboxylic acids is 2. The highest BCUT2D eigenvalue weighted by Crippen LogP contribution is 2.26. The summed E-state index contributed by atoms with van der Waals surface area (Å²) >= 11 is 0. The van der Waals surface area contributed by atoms with E-state index in [1.165, 1.54) is 0 Å². The van der Waals surface area contributed by atoms with Crippen molar-refractivity contribution in [2.75, 3.05) is 18.4 Å². The fourth-order valence-electron chi connectivity index (χ4n) is 4.35. The summed E-state index contributed by atoms with van der Waals surface area (Å²) < 4.78 is 0. The van der Waals surface area contributed by atoms with E-state index in [1.807, 2.05) is 83.8 Å². The Bertz CT molecular complexity index is 1270. The Balaban J connectivity index is 1.24. The SMILES string of the molecule is O=C(Nc1c[c]cc2ccccc12)C1CCN(C(=O)c2ccc3ccccc3c2)CC1. The van der Waals surface area contributed by atoms with Gasteiger partial charge < -0.3 is 10.2 Å². The van der Waals surface area contributed by atoms with Gasteiger partial charge in [0.05, 0.1) is 0 Å². The van der Waals surface area contributed by atoms with Crippen molar-refractivity contribution in [2.24, 2.45) is 5.92 Å². The maximum absolute atomic E-state index is 13.0. The lowest BCUT2D eigenvalue weighted by Crippen LogP contribution is -2.41. The third-order valence-corrected chi connectivity index (χ3v) is 6.12. The van der Waals surface area contributed by atoms with Crippen LogP contribution in [0.15, 0.2) is 78.9 Å². The van der Waals surface area contributed by atoms with Gasteiger partial charge in [0.15, 0.2) is 0 Å². The van der Waals surface area contributed by atoms with Crippen molar-refractivity contribution in [3.05, 3.63) is 90.5 Å². The zero-order chi connectivity index (χ0) is 21.2. The maximum atomic E-state index is 13.0. The van der Waals surface area contributed by atoms with E-state index in [0.717, 1.165) is 27.2 Å². The van der Waals surface area contributed by atoms with Crippen LogP contribution in [0.5, 0.6) is 0 Å². The standard InChI is InChI=1S/C27H23N2O2/c30-26(28-25-11-5-9-20-7-3-4-10-24(20)25)21-14-16-29(17-15-21)27(31)23-13-12-19-6-1-2-8-22(19)18-23/h1-4,6-13,18,21H,14-17H2,(H,28,30). The molecule has 1 radical (unpaired) electrons. The molecule has 0 atom stereocenters. The van der Waals surface area contributed by atoms with Gasteiger partial charge in [-0.3, -0.25) is 9.59 Å². The van der Waals surface area contributed by atoms with Gasteiger partial charge >= 0.3 is 0 Å². The number of benzene rings is 4. The molecule has 1 aliphatic rings.